The molecule has 6 heteroatoms. The summed E-state index contributed by atoms with van der Waals surface area (Å²) < 4.78 is 0. The second-order valence-corrected chi connectivity index (χ2v) is 5.94. The minimum Gasteiger partial charge on any atom is -0.319 e. The quantitative estimate of drug-likeness (QED) is 0.911. The van der Waals surface area contributed by atoms with Gasteiger partial charge in [0.05, 0.1) is 10.7 Å². The van der Waals surface area contributed by atoms with Crippen LogP contribution in [0, 0.1) is 0 Å². The van der Waals surface area contributed by atoms with Crippen molar-refractivity contribution >= 4 is 46.2 Å². The van der Waals surface area contributed by atoms with E-state index >= 15 is 0 Å². The number of rotatable bonds is 2. The number of aromatic nitrogens is 1. The van der Waals surface area contributed by atoms with Crippen LogP contribution in [-0.2, 0) is 12.8 Å². The van der Waals surface area contributed by atoms with Gasteiger partial charge in [0.25, 0.3) is 0 Å². The van der Waals surface area contributed by atoms with Gasteiger partial charge in [-0.1, -0.05) is 17.7 Å². The highest BCUT2D eigenvalue weighted by Crippen LogP contribution is 2.37. The van der Waals surface area contributed by atoms with Gasteiger partial charge in [-0.25, -0.2) is 4.98 Å². The Balaban J connectivity index is 0.00000147. The monoisotopic (exact) mass is 329 g/mol. The molecule has 2 heterocycles. The molecule has 3 nitrogen and oxygen atoms in total. The minimum absolute atomic E-state index is 0. The zero-order valence-electron chi connectivity index (χ0n) is 11.2. The number of anilines is 2. The third kappa shape index (κ3) is 2.93. The summed E-state index contributed by atoms with van der Waals surface area (Å²) in [5, 5.41) is 7.21. The largest absolute Gasteiger partial charge is 0.319 e. The summed E-state index contributed by atoms with van der Waals surface area (Å²) in [6, 6.07) is 4.16. The van der Waals surface area contributed by atoms with Crippen LogP contribution < -0.4 is 10.2 Å². The molecule has 0 fully saturated rings. The van der Waals surface area contributed by atoms with Gasteiger partial charge in [0.1, 0.15) is 0 Å². The van der Waals surface area contributed by atoms with Crippen LogP contribution in [0.4, 0.5) is 10.8 Å². The fourth-order valence-electron chi connectivity index (χ4n) is 2.56. The maximum atomic E-state index is 6.44. The Bertz CT molecular complexity index is 572. The summed E-state index contributed by atoms with van der Waals surface area (Å²) in [7, 11) is 2.04. The number of thiazole rings is 1. The molecule has 1 N–H and O–H groups in total. The molecule has 1 aromatic heterocycles. The van der Waals surface area contributed by atoms with E-state index in [0.29, 0.717) is 0 Å². The van der Waals surface area contributed by atoms with Crippen LogP contribution in [-0.4, -0.2) is 25.1 Å². The molecule has 1 aliphatic rings. The van der Waals surface area contributed by atoms with E-state index in [2.05, 4.69) is 21.3 Å². The molecule has 0 aliphatic carbocycles. The number of nitrogens with one attached hydrogen (secondary N) is 1. The molecule has 1 aromatic carbocycles. The Kier molecular flexibility index (Phi) is 5.27. The average Bonchev–Trinajstić information content (AvgIpc) is 2.84. The Labute approximate surface area is 134 Å². The minimum atomic E-state index is 0. The predicted octanol–water partition coefficient (Wildman–Crippen LogP) is 3.67. The van der Waals surface area contributed by atoms with Gasteiger partial charge in [-0.3, -0.25) is 0 Å². The van der Waals surface area contributed by atoms with Crippen LogP contribution >= 0.6 is 35.3 Å². The molecule has 0 spiro atoms. The molecule has 3 rings (SSSR count). The molecular formula is C14H17Cl2N3S. The number of benzene rings is 1. The van der Waals surface area contributed by atoms with E-state index in [0.717, 1.165) is 41.8 Å². The Morgan fingerprint density at radius 3 is 2.85 bits per heavy atom. The van der Waals surface area contributed by atoms with Crippen molar-refractivity contribution in [3.05, 3.63) is 39.9 Å². The summed E-state index contributed by atoms with van der Waals surface area (Å²) in [5.74, 6) is 0. The smallest absolute Gasteiger partial charge is 0.189 e. The predicted molar refractivity (Wildman–Crippen MR) is 89.2 cm³/mol. The molecule has 0 atom stereocenters. The van der Waals surface area contributed by atoms with E-state index in [1.807, 2.05) is 24.7 Å². The van der Waals surface area contributed by atoms with Gasteiger partial charge in [-0.15, -0.1) is 23.7 Å². The first-order chi connectivity index (χ1) is 9.27. The van der Waals surface area contributed by atoms with Gasteiger partial charge in [0.2, 0.25) is 0 Å². The van der Waals surface area contributed by atoms with E-state index < -0.39 is 0 Å². The van der Waals surface area contributed by atoms with Gasteiger partial charge in [-0.05, 0) is 43.1 Å². The van der Waals surface area contributed by atoms with E-state index in [1.165, 1.54) is 11.1 Å². The molecule has 0 unspecified atom stereocenters. The Morgan fingerprint density at radius 2 is 2.10 bits per heavy atom. The Hall–Kier alpha value is -0.810. The summed E-state index contributed by atoms with van der Waals surface area (Å²) in [4.78, 5) is 6.48. The molecule has 0 amide bonds. The fourth-order valence-corrected chi connectivity index (χ4v) is 3.48. The van der Waals surface area contributed by atoms with Crippen molar-refractivity contribution < 1.29 is 0 Å². The van der Waals surface area contributed by atoms with Crippen molar-refractivity contribution in [3.8, 4) is 0 Å². The molecule has 20 heavy (non-hydrogen) atoms. The van der Waals surface area contributed by atoms with E-state index in [4.69, 9.17) is 11.6 Å². The van der Waals surface area contributed by atoms with Crippen LogP contribution in [0.15, 0.2) is 23.7 Å². The molecule has 0 radical (unpaired) electrons. The first kappa shape index (κ1) is 15.6. The lowest BCUT2D eigenvalue weighted by Gasteiger charge is -2.22. The molecule has 2 aromatic rings. The number of hydrogen-bond donors (Lipinski definition) is 1. The molecular weight excluding hydrogens is 313 g/mol. The van der Waals surface area contributed by atoms with E-state index in [-0.39, 0.29) is 12.4 Å². The SMILES string of the molecule is CN(c1nccs1)c1c(Cl)ccc2c1CCNCC2.Cl. The van der Waals surface area contributed by atoms with Crippen molar-refractivity contribution in [3.63, 3.8) is 0 Å². The molecule has 108 valence electrons. The zero-order chi connectivity index (χ0) is 13.2. The van der Waals surface area contributed by atoms with Gasteiger partial charge >= 0.3 is 0 Å². The topological polar surface area (TPSA) is 28.2 Å². The lowest BCUT2D eigenvalue weighted by Crippen LogP contribution is -2.17. The summed E-state index contributed by atoms with van der Waals surface area (Å²) >= 11 is 8.07. The standard InChI is InChI=1S/C14H16ClN3S.ClH/c1-18(14-17-8-9-19-14)13-11-5-7-16-6-4-10(11)2-3-12(13)15;/h2-3,8-9,16H,4-7H2,1H3;1H. The van der Waals surface area contributed by atoms with Crippen LogP contribution in [0.2, 0.25) is 5.02 Å². The second-order valence-electron chi connectivity index (χ2n) is 4.66. The van der Waals surface area contributed by atoms with Crippen molar-refractivity contribution in [2.75, 3.05) is 25.0 Å². The van der Waals surface area contributed by atoms with Crippen LogP contribution in [0.1, 0.15) is 11.1 Å². The van der Waals surface area contributed by atoms with Crippen LogP contribution in [0.5, 0.6) is 0 Å². The normalized spacial score (nSPS) is 14.1. The number of nitrogens with zero attached hydrogens (tertiary/aromatic N) is 2. The number of hydrogen-bond acceptors (Lipinski definition) is 4. The van der Waals surface area contributed by atoms with E-state index in [9.17, 15) is 0 Å². The second kappa shape index (κ2) is 6.76. The highest BCUT2D eigenvalue weighted by Gasteiger charge is 2.19. The maximum Gasteiger partial charge on any atom is 0.189 e. The first-order valence-electron chi connectivity index (χ1n) is 6.41. The van der Waals surface area contributed by atoms with Crippen molar-refractivity contribution in [2.45, 2.75) is 12.8 Å². The molecule has 0 bridgehead atoms. The zero-order valence-corrected chi connectivity index (χ0v) is 13.6. The highest BCUT2D eigenvalue weighted by atomic mass is 35.5. The number of halogens is 2. The van der Waals surface area contributed by atoms with Crippen LogP contribution in [0.3, 0.4) is 0 Å². The third-order valence-corrected chi connectivity index (χ3v) is 4.65. The summed E-state index contributed by atoms with van der Waals surface area (Å²) in [5.41, 5.74) is 3.86. The van der Waals surface area contributed by atoms with Gasteiger partial charge in [0, 0.05) is 18.6 Å². The lowest BCUT2D eigenvalue weighted by molar-refractivity contribution is 0.711. The van der Waals surface area contributed by atoms with Gasteiger partial charge < -0.3 is 10.2 Å². The van der Waals surface area contributed by atoms with Crippen molar-refractivity contribution in [1.82, 2.24) is 10.3 Å². The molecule has 1 aliphatic heterocycles. The summed E-state index contributed by atoms with van der Waals surface area (Å²) in [6.07, 6.45) is 3.90. The average molecular weight is 330 g/mol. The van der Waals surface area contributed by atoms with Gasteiger partial charge in [-0.2, -0.15) is 0 Å². The van der Waals surface area contributed by atoms with Gasteiger partial charge in [0.15, 0.2) is 5.13 Å². The fraction of sp³-hybridized carbons (Fsp3) is 0.357. The van der Waals surface area contributed by atoms with Crippen LogP contribution in [0.25, 0.3) is 0 Å². The lowest BCUT2D eigenvalue weighted by atomic mass is 10.0. The molecule has 0 saturated heterocycles. The van der Waals surface area contributed by atoms with Crippen molar-refractivity contribution in [2.24, 2.45) is 0 Å². The first-order valence-corrected chi connectivity index (χ1v) is 7.67. The Morgan fingerprint density at radius 1 is 1.30 bits per heavy atom. The van der Waals surface area contributed by atoms with E-state index in [1.54, 1.807) is 11.3 Å². The van der Waals surface area contributed by atoms with Crippen molar-refractivity contribution in [1.29, 1.82) is 0 Å². The number of fused-ring (bicyclic) bond motifs is 1. The third-order valence-electron chi connectivity index (χ3n) is 3.50. The summed E-state index contributed by atoms with van der Waals surface area (Å²) in [6.45, 7) is 2.04. The highest BCUT2D eigenvalue weighted by molar-refractivity contribution is 7.13. The molecule has 0 saturated carbocycles. The maximum absolute atomic E-state index is 6.44.